The lowest BCUT2D eigenvalue weighted by Crippen LogP contribution is -2.13. The number of nitrogens with zero attached hydrogens (tertiary/aromatic N) is 4. The average Bonchev–Trinajstić information content (AvgIpc) is 3.48. The Hall–Kier alpha value is -3.35. The summed E-state index contributed by atoms with van der Waals surface area (Å²) in [5, 5.41) is 18.0. The number of amides is 2. The molecule has 0 spiro atoms. The molecule has 0 bridgehead atoms. The zero-order valence-corrected chi connectivity index (χ0v) is 19.7. The molecule has 2 amide bonds. The van der Waals surface area contributed by atoms with E-state index in [1.165, 1.54) is 36.0 Å². The van der Waals surface area contributed by atoms with E-state index in [0.717, 1.165) is 16.9 Å². The first-order chi connectivity index (χ1) is 16.4. The number of carbonyl (C=O) groups excluding carboxylic acids is 2. The summed E-state index contributed by atoms with van der Waals surface area (Å²) in [6.45, 7) is 0. The van der Waals surface area contributed by atoms with Gasteiger partial charge in [0.2, 0.25) is 28.7 Å². The second-order valence-corrected chi connectivity index (χ2v) is 9.42. The molecule has 0 aliphatic heterocycles. The smallest absolute Gasteiger partial charge is 0.234 e. The van der Waals surface area contributed by atoms with Gasteiger partial charge in [0, 0.05) is 29.1 Å². The van der Waals surface area contributed by atoms with Crippen LogP contribution in [0, 0.1) is 5.82 Å². The van der Waals surface area contributed by atoms with Crippen molar-refractivity contribution in [1.29, 1.82) is 0 Å². The van der Waals surface area contributed by atoms with E-state index in [4.69, 9.17) is 16.1 Å². The van der Waals surface area contributed by atoms with E-state index in [0.29, 0.717) is 31.9 Å². The van der Waals surface area contributed by atoms with Crippen LogP contribution in [-0.2, 0) is 16.0 Å². The molecule has 0 saturated heterocycles. The van der Waals surface area contributed by atoms with Crippen molar-refractivity contribution in [2.24, 2.45) is 0 Å². The van der Waals surface area contributed by atoms with E-state index in [2.05, 4.69) is 31.0 Å². The highest BCUT2D eigenvalue weighted by Crippen LogP contribution is 2.26. The van der Waals surface area contributed by atoms with E-state index >= 15 is 0 Å². The Balaban J connectivity index is 1.21. The fourth-order valence-corrected chi connectivity index (χ4v) is 4.35. The van der Waals surface area contributed by atoms with Gasteiger partial charge in [-0.3, -0.25) is 9.59 Å². The van der Waals surface area contributed by atoms with Crippen LogP contribution in [0.1, 0.15) is 12.3 Å². The van der Waals surface area contributed by atoms with Crippen LogP contribution < -0.4 is 10.6 Å². The quantitative estimate of drug-likeness (QED) is 0.242. The van der Waals surface area contributed by atoms with Crippen LogP contribution in [0.3, 0.4) is 0 Å². The summed E-state index contributed by atoms with van der Waals surface area (Å²) in [6.07, 6.45) is 0.376. The van der Waals surface area contributed by atoms with Crippen molar-refractivity contribution >= 4 is 57.3 Å². The van der Waals surface area contributed by atoms with E-state index < -0.39 is 0 Å². The second kappa shape index (κ2) is 11.2. The molecule has 0 aliphatic carbocycles. The molecule has 174 valence electrons. The Bertz CT molecular complexity index is 1280. The highest BCUT2D eigenvalue weighted by atomic mass is 35.5. The zero-order valence-electron chi connectivity index (χ0n) is 17.3. The molecule has 2 aromatic carbocycles. The minimum Gasteiger partial charge on any atom is -0.339 e. The number of aromatic nitrogens is 4. The van der Waals surface area contributed by atoms with Crippen molar-refractivity contribution in [3.05, 3.63) is 65.3 Å². The summed E-state index contributed by atoms with van der Waals surface area (Å²) in [6, 6.07) is 12.5. The van der Waals surface area contributed by atoms with Crippen molar-refractivity contribution in [3.8, 4) is 11.4 Å². The molecule has 9 nitrogen and oxygen atoms in total. The molecule has 2 N–H and O–H groups in total. The van der Waals surface area contributed by atoms with Crippen molar-refractivity contribution in [1.82, 2.24) is 20.3 Å². The van der Waals surface area contributed by atoms with Gasteiger partial charge in [0.1, 0.15) is 5.82 Å². The SMILES string of the molecule is O=C(CSc1nnc(NC(=O)CCc2nc(-c3ccc(Cl)cc3)no2)s1)Nc1ccc(F)cc1. The molecule has 34 heavy (non-hydrogen) atoms. The van der Waals surface area contributed by atoms with Crippen LogP contribution in [0.25, 0.3) is 11.4 Å². The largest absolute Gasteiger partial charge is 0.339 e. The molecule has 0 saturated carbocycles. The second-order valence-electron chi connectivity index (χ2n) is 6.78. The summed E-state index contributed by atoms with van der Waals surface area (Å²) < 4.78 is 18.6. The van der Waals surface area contributed by atoms with Crippen molar-refractivity contribution < 1.29 is 18.5 Å². The molecular formula is C21H16ClFN6O3S2. The molecule has 2 heterocycles. The van der Waals surface area contributed by atoms with Crippen LogP contribution in [-0.4, -0.2) is 37.9 Å². The molecular weight excluding hydrogens is 503 g/mol. The molecule has 0 aliphatic rings. The third-order valence-corrected chi connectivity index (χ3v) is 6.47. The topological polar surface area (TPSA) is 123 Å². The van der Waals surface area contributed by atoms with Crippen LogP contribution >= 0.6 is 34.7 Å². The third kappa shape index (κ3) is 6.83. The molecule has 0 atom stereocenters. The zero-order chi connectivity index (χ0) is 23.9. The van der Waals surface area contributed by atoms with E-state index in [1.807, 2.05) is 0 Å². The number of hydrogen-bond donors (Lipinski definition) is 2. The molecule has 0 fully saturated rings. The number of aryl methyl sites for hydroxylation is 1. The van der Waals surface area contributed by atoms with Gasteiger partial charge in [-0.15, -0.1) is 10.2 Å². The van der Waals surface area contributed by atoms with E-state index in [-0.39, 0.29) is 36.2 Å². The van der Waals surface area contributed by atoms with E-state index in [1.54, 1.807) is 24.3 Å². The maximum atomic E-state index is 12.9. The lowest BCUT2D eigenvalue weighted by atomic mass is 10.2. The molecule has 4 aromatic rings. The lowest BCUT2D eigenvalue weighted by molar-refractivity contribution is -0.116. The van der Waals surface area contributed by atoms with Crippen LogP contribution in [0.5, 0.6) is 0 Å². The van der Waals surface area contributed by atoms with Gasteiger partial charge in [-0.1, -0.05) is 39.9 Å². The number of carbonyl (C=O) groups is 2. The highest BCUT2D eigenvalue weighted by molar-refractivity contribution is 8.01. The van der Waals surface area contributed by atoms with Gasteiger partial charge in [-0.05, 0) is 48.5 Å². The summed E-state index contributed by atoms with van der Waals surface area (Å²) in [5.74, 6) is -0.0896. The van der Waals surface area contributed by atoms with Gasteiger partial charge in [0.05, 0.1) is 5.75 Å². The lowest BCUT2D eigenvalue weighted by Gasteiger charge is -2.03. The predicted molar refractivity (Wildman–Crippen MR) is 127 cm³/mol. The minimum atomic E-state index is -0.379. The molecule has 13 heteroatoms. The van der Waals surface area contributed by atoms with Crippen molar-refractivity contribution in [3.63, 3.8) is 0 Å². The first-order valence-electron chi connectivity index (χ1n) is 9.85. The van der Waals surface area contributed by atoms with Crippen LogP contribution in [0.4, 0.5) is 15.2 Å². The summed E-state index contributed by atoms with van der Waals surface area (Å²) >= 11 is 8.20. The number of benzene rings is 2. The standard InChI is InChI=1S/C21H16ClFN6O3S2/c22-13-3-1-12(2-4-13)19-26-18(32-29-19)10-9-16(30)25-20-27-28-21(34-20)33-11-17(31)24-15-7-5-14(23)6-8-15/h1-8H,9-11H2,(H,24,31)(H,25,27,30). The Kier molecular flexibility index (Phi) is 7.83. The van der Waals surface area contributed by atoms with Crippen molar-refractivity contribution in [2.75, 3.05) is 16.4 Å². The van der Waals surface area contributed by atoms with Gasteiger partial charge in [0.25, 0.3) is 0 Å². The molecule has 4 rings (SSSR count). The van der Waals surface area contributed by atoms with Crippen molar-refractivity contribution in [2.45, 2.75) is 17.2 Å². The fourth-order valence-electron chi connectivity index (χ4n) is 2.65. The maximum Gasteiger partial charge on any atom is 0.234 e. The minimum absolute atomic E-state index is 0.0903. The van der Waals surface area contributed by atoms with E-state index in [9.17, 15) is 14.0 Å². The molecule has 0 radical (unpaired) electrons. The number of rotatable bonds is 9. The predicted octanol–water partition coefficient (Wildman–Crippen LogP) is 4.68. The number of halogens is 2. The fraction of sp³-hybridized carbons (Fsp3) is 0.143. The normalized spacial score (nSPS) is 10.8. The molecule has 0 unspecified atom stereocenters. The van der Waals surface area contributed by atoms with Gasteiger partial charge in [-0.2, -0.15) is 4.98 Å². The Morgan fingerprint density at radius 2 is 1.79 bits per heavy atom. The van der Waals surface area contributed by atoms with Crippen LogP contribution in [0.15, 0.2) is 57.4 Å². The third-order valence-electron chi connectivity index (χ3n) is 4.24. The number of hydrogen-bond acceptors (Lipinski definition) is 9. The first kappa shape index (κ1) is 23.8. The van der Waals surface area contributed by atoms with Gasteiger partial charge in [0.15, 0.2) is 4.34 Å². The van der Waals surface area contributed by atoms with Gasteiger partial charge < -0.3 is 15.2 Å². The Morgan fingerprint density at radius 1 is 1.03 bits per heavy atom. The summed E-state index contributed by atoms with van der Waals surface area (Å²) in [4.78, 5) is 28.5. The van der Waals surface area contributed by atoms with Crippen LogP contribution in [0.2, 0.25) is 5.02 Å². The number of thioether (sulfide) groups is 1. The Morgan fingerprint density at radius 3 is 2.56 bits per heavy atom. The Labute approximate surface area is 206 Å². The molecule has 2 aromatic heterocycles. The first-order valence-corrected chi connectivity index (χ1v) is 12.0. The monoisotopic (exact) mass is 518 g/mol. The average molecular weight is 519 g/mol. The summed E-state index contributed by atoms with van der Waals surface area (Å²) in [5.41, 5.74) is 1.26. The summed E-state index contributed by atoms with van der Waals surface area (Å²) in [7, 11) is 0. The number of nitrogens with one attached hydrogen (secondary N) is 2. The highest BCUT2D eigenvalue weighted by Gasteiger charge is 2.14. The van der Waals surface area contributed by atoms with Gasteiger partial charge in [-0.25, -0.2) is 4.39 Å². The van der Waals surface area contributed by atoms with Gasteiger partial charge >= 0.3 is 0 Å². The number of anilines is 2. The maximum absolute atomic E-state index is 12.9.